The van der Waals surface area contributed by atoms with Crippen LogP contribution in [0.15, 0.2) is 0 Å². The summed E-state index contributed by atoms with van der Waals surface area (Å²) < 4.78 is 0. The van der Waals surface area contributed by atoms with Crippen LogP contribution in [0.3, 0.4) is 0 Å². The zero-order valence-electron chi connectivity index (χ0n) is 7.84. The van der Waals surface area contributed by atoms with Crippen molar-refractivity contribution in [3.63, 3.8) is 0 Å². The molecular formula is C10H21N. The summed E-state index contributed by atoms with van der Waals surface area (Å²) in [6, 6.07) is 0.554. The Labute approximate surface area is 70.4 Å². The van der Waals surface area contributed by atoms with Crippen molar-refractivity contribution in [1.82, 2.24) is 0 Å². The highest BCUT2D eigenvalue weighted by molar-refractivity contribution is 4.94. The second-order valence-electron chi connectivity index (χ2n) is 3.90. The maximum absolute atomic E-state index is 5.83. The Balaban J connectivity index is 2.22. The second-order valence-corrected chi connectivity index (χ2v) is 3.90. The van der Waals surface area contributed by atoms with Crippen LogP contribution in [-0.4, -0.2) is 6.04 Å². The molecular weight excluding hydrogens is 134 g/mol. The molecule has 2 N–H and O–H groups in total. The fourth-order valence-electron chi connectivity index (χ4n) is 2.09. The van der Waals surface area contributed by atoms with Gasteiger partial charge in [0.15, 0.2) is 0 Å². The van der Waals surface area contributed by atoms with Gasteiger partial charge in [-0.05, 0) is 18.3 Å². The maximum Gasteiger partial charge on any atom is 0.00737 e. The molecule has 0 bridgehead atoms. The summed E-state index contributed by atoms with van der Waals surface area (Å²) in [5.74, 6) is 1.83. The minimum Gasteiger partial charge on any atom is -0.327 e. The summed E-state index contributed by atoms with van der Waals surface area (Å²) in [6.07, 6.45) is 6.74. The first-order valence-corrected chi connectivity index (χ1v) is 5.05. The summed E-state index contributed by atoms with van der Waals surface area (Å²) in [4.78, 5) is 0. The lowest BCUT2D eigenvalue weighted by Gasteiger charge is -2.13. The molecule has 0 saturated heterocycles. The van der Waals surface area contributed by atoms with Gasteiger partial charge in [-0.15, -0.1) is 0 Å². The van der Waals surface area contributed by atoms with Gasteiger partial charge in [-0.25, -0.2) is 0 Å². The van der Waals surface area contributed by atoms with Crippen molar-refractivity contribution in [2.75, 3.05) is 0 Å². The third-order valence-electron chi connectivity index (χ3n) is 2.82. The predicted octanol–water partition coefficient (Wildman–Crippen LogP) is 2.55. The average Bonchev–Trinajstić information content (AvgIpc) is 2.67. The van der Waals surface area contributed by atoms with Crippen molar-refractivity contribution in [1.29, 1.82) is 0 Å². The van der Waals surface area contributed by atoms with Crippen LogP contribution >= 0.6 is 0 Å². The zero-order valence-corrected chi connectivity index (χ0v) is 7.84. The van der Waals surface area contributed by atoms with Gasteiger partial charge < -0.3 is 5.73 Å². The summed E-state index contributed by atoms with van der Waals surface area (Å²) >= 11 is 0. The number of nitrogens with two attached hydrogens (primary N) is 1. The van der Waals surface area contributed by atoms with Crippen molar-refractivity contribution in [3.8, 4) is 0 Å². The van der Waals surface area contributed by atoms with Crippen LogP contribution in [0, 0.1) is 11.8 Å². The Hall–Kier alpha value is -0.0400. The van der Waals surface area contributed by atoms with Crippen molar-refractivity contribution in [2.24, 2.45) is 17.6 Å². The lowest BCUT2D eigenvalue weighted by molar-refractivity contribution is 0.384. The van der Waals surface area contributed by atoms with Gasteiger partial charge in [-0.2, -0.15) is 0 Å². The summed E-state index contributed by atoms with van der Waals surface area (Å²) in [6.45, 7) is 4.55. The van der Waals surface area contributed by atoms with Gasteiger partial charge in [0.2, 0.25) is 0 Å². The molecule has 1 fully saturated rings. The molecule has 0 unspecified atom stereocenters. The van der Waals surface area contributed by atoms with Crippen LogP contribution in [-0.2, 0) is 0 Å². The number of hydrogen-bond donors (Lipinski definition) is 1. The highest BCUT2D eigenvalue weighted by atomic mass is 14.7. The van der Waals surface area contributed by atoms with E-state index in [1.165, 1.54) is 32.1 Å². The van der Waals surface area contributed by atoms with Crippen LogP contribution in [0.5, 0.6) is 0 Å². The van der Waals surface area contributed by atoms with Crippen molar-refractivity contribution in [3.05, 3.63) is 0 Å². The highest BCUT2D eigenvalue weighted by Crippen LogP contribution is 2.40. The van der Waals surface area contributed by atoms with Crippen LogP contribution < -0.4 is 5.73 Å². The minimum absolute atomic E-state index is 0.554. The molecule has 0 spiro atoms. The van der Waals surface area contributed by atoms with E-state index in [0.717, 1.165) is 11.8 Å². The molecule has 1 heteroatoms. The van der Waals surface area contributed by atoms with Gasteiger partial charge in [0, 0.05) is 6.04 Å². The smallest absolute Gasteiger partial charge is 0.00737 e. The molecule has 0 heterocycles. The molecule has 0 aromatic heterocycles. The Morgan fingerprint density at radius 3 is 2.00 bits per heavy atom. The van der Waals surface area contributed by atoms with Gasteiger partial charge in [0.25, 0.3) is 0 Å². The molecule has 0 aromatic carbocycles. The van der Waals surface area contributed by atoms with E-state index in [9.17, 15) is 0 Å². The van der Waals surface area contributed by atoms with Gasteiger partial charge in [-0.1, -0.05) is 39.5 Å². The van der Waals surface area contributed by atoms with Gasteiger partial charge in [0.1, 0.15) is 0 Å². The summed E-state index contributed by atoms with van der Waals surface area (Å²) in [5, 5.41) is 0. The summed E-state index contributed by atoms with van der Waals surface area (Å²) in [7, 11) is 0. The molecule has 1 nitrogen and oxygen atoms in total. The Morgan fingerprint density at radius 2 is 1.73 bits per heavy atom. The van der Waals surface area contributed by atoms with E-state index in [1.54, 1.807) is 0 Å². The van der Waals surface area contributed by atoms with Gasteiger partial charge in [0.05, 0.1) is 0 Å². The fraction of sp³-hybridized carbons (Fsp3) is 1.00. The largest absolute Gasteiger partial charge is 0.327 e. The minimum atomic E-state index is 0.554. The molecule has 1 aliphatic rings. The maximum atomic E-state index is 5.83. The third kappa shape index (κ3) is 2.48. The monoisotopic (exact) mass is 155 g/mol. The van der Waals surface area contributed by atoms with E-state index in [2.05, 4.69) is 13.8 Å². The first kappa shape index (κ1) is 9.05. The fourth-order valence-corrected chi connectivity index (χ4v) is 2.09. The van der Waals surface area contributed by atoms with Crippen molar-refractivity contribution >= 4 is 0 Å². The quantitative estimate of drug-likeness (QED) is 0.648. The first-order chi connectivity index (χ1) is 5.29. The summed E-state index contributed by atoms with van der Waals surface area (Å²) in [5.41, 5.74) is 5.83. The van der Waals surface area contributed by atoms with E-state index in [4.69, 9.17) is 5.73 Å². The third-order valence-corrected chi connectivity index (χ3v) is 2.82. The Morgan fingerprint density at radius 1 is 1.27 bits per heavy atom. The van der Waals surface area contributed by atoms with E-state index in [0.29, 0.717) is 6.04 Å². The molecule has 0 aliphatic heterocycles. The number of rotatable bonds is 5. The lowest BCUT2D eigenvalue weighted by Crippen LogP contribution is -2.10. The molecule has 1 saturated carbocycles. The topological polar surface area (TPSA) is 26.0 Å². The molecule has 2 atom stereocenters. The lowest BCUT2D eigenvalue weighted by atomic mass is 9.93. The van der Waals surface area contributed by atoms with Crippen molar-refractivity contribution in [2.45, 2.75) is 52.0 Å². The standard InChI is InChI=1S/C10H21N/c1-3-5-8(6-4-2)9-7-10(9)11/h8-10H,3-7,11H2,1-2H3/t9-,10+/m0/s1. The normalized spacial score (nSPS) is 29.5. The molecule has 0 amide bonds. The van der Waals surface area contributed by atoms with Crippen LogP contribution in [0.1, 0.15) is 46.0 Å². The molecule has 11 heavy (non-hydrogen) atoms. The SMILES string of the molecule is CCCC(CCC)[C@@H]1C[C@H]1N. The predicted molar refractivity (Wildman–Crippen MR) is 49.4 cm³/mol. The van der Waals surface area contributed by atoms with Gasteiger partial charge >= 0.3 is 0 Å². The van der Waals surface area contributed by atoms with Crippen LogP contribution in [0.25, 0.3) is 0 Å². The Bertz CT molecular complexity index is 105. The van der Waals surface area contributed by atoms with E-state index in [-0.39, 0.29) is 0 Å². The zero-order chi connectivity index (χ0) is 8.27. The molecule has 0 radical (unpaired) electrons. The highest BCUT2D eigenvalue weighted by Gasteiger charge is 2.38. The molecule has 66 valence electrons. The molecule has 0 aromatic rings. The first-order valence-electron chi connectivity index (χ1n) is 5.05. The second kappa shape index (κ2) is 4.10. The van der Waals surface area contributed by atoms with E-state index >= 15 is 0 Å². The number of hydrogen-bond acceptors (Lipinski definition) is 1. The van der Waals surface area contributed by atoms with Crippen LogP contribution in [0.4, 0.5) is 0 Å². The Kier molecular flexibility index (Phi) is 3.38. The van der Waals surface area contributed by atoms with E-state index < -0.39 is 0 Å². The van der Waals surface area contributed by atoms with Gasteiger partial charge in [-0.3, -0.25) is 0 Å². The van der Waals surface area contributed by atoms with E-state index in [1.807, 2.05) is 0 Å². The molecule has 1 aliphatic carbocycles. The average molecular weight is 155 g/mol. The van der Waals surface area contributed by atoms with Crippen LogP contribution in [0.2, 0.25) is 0 Å². The van der Waals surface area contributed by atoms with Crippen molar-refractivity contribution < 1.29 is 0 Å². The molecule has 1 rings (SSSR count).